The molecule has 4 aromatic rings. The number of aromatic nitrogens is 2. The molecule has 0 aliphatic rings. The predicted octanol–water partition coefficient (Wildman–Crippen LogP) is 6.06. The molecular weight excluding hydrogens is 456 g/mol. The number of esters is 2. The molecule has 0 atom stereocenters. The topological polar surface area (TPSA) is 90.5 Å². The molecule has 1 aromatic heterocycles. The maximum Gasteiger partial charge on any atom is 0.320 e. The summed E-state index contributed by atoms with van der Waals surface area (Å²) in [5.74, 6) is -0.198. The zero-order valence-electron chi connectivity index (χ0n) is 20.8. The highest BCUT2D eigenvalue weighted by Crippen LogP contribution is 2.27. The lowest BCUT2D eigenvalue weighted by Gasteiger charge is -2.14. The number of fused-ring (bicyclic) bond motifs is 2. The van der Waals surface area contributed by atoms with Gasteiger partial charge in [0.25, 0.3) is 0 Å². The van der Waals surface area contributed by atoms with Crippen molar-refractivity contribution in [2.75, 3.05) is 19.8 Å². The number of carbonyl (C=O) groups is 2. The highest BCUT2D eigenvalue weighted by atomic mass is 16.6. The number of nitrogens with one attached hydrogen (secondary N) is 1. The summed E-state index contributed by atoms with van der Waals surface area (Å²) in [4.78, 5) is 32.2. The third-order valence-electron chi connectivity index (χ3n) is 6.02. The maximum absolute atomic E-state index is 12.1. The summed E-state index contributed by atoms with van der Waals surface area (Å²) < 4.78 is 16.0. The number of unbranched alkanes of at least 4 members (excludes halogenated alkanes) is 2. The largest absolute Gasteiger partial charge is 0.494 e. The van der Waals surface area contributed by atoms with E-state index in [1.165, 1.54) is 0 Å². The Hall–Kier alpha value is -3.87. The highest BCUT2D eigenvalue weighted by molar-refractivity contribution is 5.94. The molecule has 0 bridgehead atoms. The zero-order valence-corrected chi connectivity index (χ0v) is 20.8. The second-order valence-electron chi connectivity index (χ2n) is 8.58. The summed E-state index contributed by atoms with van der Waals surface area (Å²) in [5.41, 5.74) is 3.01. The van der Waals surface area contributed by atoms with Crippen molar-refractivity contribution < 1.29 is 23.8 Å². The lowest BCUT2D eigenvalue weighted by molar-refractivity contribution is -0.161. The molecule has 0 spiro atoms. The third-order valence-corrected chi connectivity index (χ3v) is 6.02. The summed E-state index contributed by atoms with van der Waals surface area (Å²) in [6.45, 7) is 4.50. The molecule has 4 rings (SSSR count). The molecule has 7 heteroatoms. The Morgan fingerprint density at radius 2 is 1.58 bits per heavy atom. The van der Waals surface area contributed by atoms with Gasteiger partial charge in [0.05, 0.1) is 30.9 Å². The van der Waals surface area contributed by atoms with E-state index in [1.807, 2.05) is 36.4 Å². The monoisotopic (exact) mass is 488 g/mol. The first-order valence-corrected chi connectivity index (χ1v) is 12.5. The van der Waals surface area contributed by atoms with Crippen molar-refractivity contribution in [2.45, 2.75) is 39.5 Å². The van der Waals surface area contributed by atoms with E-state index in [0.29, 0.717) is 19.4 Å². The van der Waals surface area contributed by atoms with E-state index in [4.69, 9.17) is 14.2 Å². The molecule has 3 aromatic carbocycles. The molecule has 0 saturated heterocycles. The number of carbonyl (C=O) groups excluding carboxylic acids is 2. The minimum atomic E-state index is -0.851. The number of para-hydroxylation sites is 2. The fraction of sp³-hybridized carbons (Fsp3) is 0.345. The van der Waals surface area contributed by atoms with Gasteiger partial charge in [-0.3, -0.25) is 9.59 Å². The van der Waals surface area contributed by atoms with Gasteiger partial charge in [-0.25, -0.2) is 4.98 Å². The molecule has 0 aliphatic carbocycles. The quantitative estimate of drug-likeness (QED) is 0.148. The van der Waals surface area contributed by atoms with Crippen LogP contribution in [0.15, 0.2) is 60.7 Å². The van der Waals surface area contributed by atoms with Crippen molar-refractivity contribution in [1.29, 1.82) is 0 Å². The lowest BCUT2D eigenvalue weighted by atomic mass is 10.0. The summed E-state index contributed by atoms with van der Waals surface area (Å²) in [7, 11) is 0. The first-order valence-electron chi connectivity index (χ1n) is 12.5. The Morgan fingerprint density at radius 1 is 0.861 bits per heavy atom. The molecule has 1 N–H and O–H groups in total. The summed E-state index contributed by atoms with van der Waals surface area (Å²) in [5, 5.41) is 2.21. The van der Waals surface area contributed by atoms with Crippen LogP contribution in [0.2, 0.25) is 0 Å². The standard InChI is InChI=1S/C29H32N2O5/c1-3-34-28(32)24(29(33)35-4-2)10-6-5-9-17-36-23-16-15-20-18-22(14-13-21(20)19-23)27-30-25-11-7-8-12-26(25)31-27/h7-8,11-16,18-19,24H,3-6,9-10,17H2,1-2H3,(H,30,31). The van der Waals surface area contributed by atoms with E-state index in [2.05, 4.69) is 34.2 Å². The van der Waals surface area contributed by atoms with Gasteiger partial charge in [-0.15, -0.1) is 0 Å². The van der Waals surface area contributed by atoms with Crippen LogP contribution < -0.4 is 4.74 Å². The first-order chi connectivity index (χ1) is 17.6. The van der Waals surface area contributed by atoms with E-state index >= 15 is 0 Å². The molecule has 188 valence electrons. The van der Waals surface area contributed by atoms with Crippen molar-refractivity contribution in [3.8, 4) is 17.1 Å². The van der Waals surface area contributed by atoms with Crippen molar-refractivity contribution in [3.05, 3.63) is 60.7 Å². The summed E-state index contributed by atoms with van der Waals surface area (Å²) >= 11 is 0. The number of nitrogens with zero attached hydrogens (tertiary/aromatic N) is 1. The van der Waals surface area contributed by atoms with Gasteiger partial charge in [-0.2, -0.15) is 0 Å². The molecule has 0 amide bonds. The molecule has 36 heavy (non-hydrogen) atoms. The van der Waals surface area contributed by atoms with E-state index in [1.54, 1.807) is 13.8 Å². The van der Waals surface area contributed by atoms with Crippen LogP contribution in [0, 0.1) is 5.92 Å². The minimum absolute atomic E-state index is 0.246. The third kappa shape index (κ3) is 6.22. The number of rotatable bonds is 12. The first kappa shape index (κ1) is 25.2. The Morgan fingerprint density at radius 3 is 2.33 bits per heavy atom. The normalized spacial score (nSPS) is 11.2. The van der Waals surface area contributed by atoms with Gasteiger partial charge in [-0.05, 0) is 67.8 Å². The minimum Gasteiger partial charge on any atom is -0.494 e. The van der Waals surface area contributed by atoms with Crippen LogP contribution in [0.5, 0.6) is 5.75 Å². The van der Waals surface area contributed by atoms with Crippen LogP contribution in [-0.2, 0) is 19.1 Å². The van der Waals surface area contributed by atoms with Crippen molar-refractivity contribution in [2.24, 2.45) is 5.92 Å². The molecule has 0 unspecified atom stereocenters. The average Bonchev–Trinajstić information content (AvgIpc) is 3.32. The number of hydrogen-bond acceptors (Lipinski definition) is 6. The van der Waals surface area contributed by atoms with Crippen LogP contribution >= 0.6 is 0 Å². The average molecular weight is 489 g/mol. The Balaban J connectivity index is 1.28. The van der Waals surface area contributed by atoms with E-state index in [0.717, 1.165) is 51.8 Å². The van der Waals surface area contributed by atoms with Gasteiger partial charge in [0.1, 0.15) is 11.6 Å². The smallest absolute Gasteiger partial charge is 0.320 e. The van der Waals surface area contributed by atoms with E-state index in [9.17, 15) is 9.59 Å². The fourth-order valence-corrected chi connectivity index (χ4v) is 4.19. The Bertz CT molecular complexity index is 1280. The fourth-order valence-electron chi connectivity index (χ4n) is 4.19. The number of benzene rings is 3. The number of H-pyrrole nitrogens is 1. The van der Waals surface area contributed by atoms with Crippen LogP contribution in [-0.4, -0.2) is 41.7 Å². The van der Waals surface area contributed by atoms with Gasteiger partial charge in [-0.1, -0.05) is 43.2 Å². The van der Waals surface area contributed by atoms with Crippen molar-refractivity contribution >= 4 is 33.7 Å². The van der Waals surface area contributed by atoms with E-state index < -0.39 is 17.9 Å². The second kappa shape index (κ2) is 12.2. The number of ether oxygens (including phenoxy) is 3. The lowest BCUT2D eigenvalue weighted by Crippen LogP contribution is -2.28. The molecule has 0 radical (unpaired) electrons. The Labute approximate surface area is 210 Å². The van der Waals surface area contributed by atoms with Gasteiger partial charge in [0.2, 0.25) is 0 Å². The number of aromatic amines is 1. The number of hydrogen-bond donors (Lipinski definition) is 1. The van der Waals surface area contributed by atoms with Crippen LogP contribution in [0.3, 0.4) is 0 Å². The second-order valence-corrected chi connectivity index (χ2v) is 8.58. The maximum atomic E-state index is 12.1. The van der Waals surface area contributed by atoms with Gasteiger partial charge in [0.15, 0.2) is 5.92 Å². The van der Waals surface area contributed by atoms with E-state index in [-0.39, 0.29) is 13.2 Å². The highest BCUT2D eigenvalue weighted by Gasteiger charge is 2.28. The van der Waals surface area contributed by atoms with Crippen LogP contribution in [0.4, 0.5) is 0 Å². The predicted molar refractivity (Wildman–Crippen MR) is 140 cm³/mol. The summed E-state index contributed by atoms with van der Waals surface area (Å²) in [6, 6.07) is 20.3. The van der Waals surface area contributed by atoms with Gasteiger partial charge >= 0.3 is 11.9 Å². The zero-order chi connectivity index (χ0) is 25.3. The van der Waals surface area contributed by atoms with Crippen LogP contribution in [0.1, 0.15) is 39.5 Å². The van der Waals surface area contributed by atoms with Crippen molar-refractivity contribution in [1.82, 2.24) is 9.97 Å². The molecule has 0 aliphatic heterocycles. The van der Waals surface area contributed by atoms with Gasteiger partial charge < -0.3 is 19.2 Å². The van der Waals surface area contributed by atoms with Gasteiger partial charge in [0, 0.05) is 5.56 Å². The van der Waals surface area contributed by atoms with Crippen LogP contribution in [0.25, 0.3) is 33.2 Å². The molecule has 0 fully saturated rings. The van der Waals surface area contributed by atoms with Crippen molar-refractivity contribution in [3.63, 3.8) is 0 Å². The Kier molecular flexibility index (Phi) is 8.55. The number of imidazole rings is 1. The molecule has 1 heterocycles. The SMILES string of the molecule is CCOC(=O)C(CCCCCOc1ccc2cc(-c3nc4ccccc4[nH]3)ccc2c1)C(=O)OCC. The molecule has 0 saturated carbocycles. The molecular formula is C29H32N2O5. The molecule has 7 nitrogen and oxygen atoms in total. The summed E-state index contributed by atoms with van der Waals surface area (Å²) in [6.07, 6.45) is 2.79.